The number of nitrogens with one attached hydrogen (secondary N) is 5. The molecular weight excluding hydrogens is 1430 g/mol. The molecule has 0 aliphatic carbocycles. The normalized spacial score (nSPS) is 13.0. The number of ether oxygens (including phenoxy) is 9. The lowest BCUT2D eigenvalue weighted by atomic mass is 9.70. The van der Waals surface area contributed by atoms with Crippen LogP contribution in [0, 0.1) is 10.9 Å². The van der Waals surface area contributed by atoms with Gasteiger partial charge in [0.1, 0.15) is 56.2 Å². The quantitative estimate of drug-likeness (QED) is 0.0124. The molecule has 0 unspecified atom stereocenters. The van der Waals surface area contributed by atoms with E-state index in [2.05, 4.69) is 21.4 Å². The Labute approximate surface area is 663 Å². The molecule has 0 heterocycles. The maximum Gasteiger partial charge on any atom is 0.306 e. The molecule has 0 aliphatic heterocycles. The van der Waals surface area contributed by atoms with Gasteiger partial charge in [0.25, 0.3) is 0 Å². The zero-order chi connectivity index (χ0) is 86.1. The molecular formula is C83H146N6O22. The third-order valence-corrected chi connectivity index (χ3v) is 16.8. The zero-order valence-electron chi connectivity index (χ0n) is 73.1. The predicted molar refractivity (Wildman–Crippen MR) is 418 cm³/mol. The first-order valence-electron chi connectivity index (χ1n) is 39.7. The van der Waals surface area contributed by atoms with Gasteiger partial charge in [-0.1, -0.05) is 6.42 Å². The number of rotatable bonds is 48. The first kappa shape index (κ1) is 104. The summed E-state index contributed by atoms with van der Waals surface area (Å²) in [5.74, 6) is -8.12. The summed E-state index contributed by atoms with van der Waals surface area (Å²) in [5.41, 5.74) is -3.27. The molecule has 3 amide bonds. The topological polar surface area (TPSA) is 393 Å². The highest BCUT2D eigenvalue weighted by Gasteiger charge is 2.43. The average molecular weight is 1580 g/mol. The molecule has 0 spiro atoms. The second kappa shape index (κ2) is 45.0. The summed E-state index contributed by atoms with van der Waals surface area (Å²) in [6, 6.07) is 0. The Morgan fingerprint density at radius 1 is 0.252 bits per heavy atom. The number of hydrogen-bond acceptors (Lipinski definition) is 23. The van der Waals surface area contributed by atoms with Crippen LogP contribution < -0.4 is 21.2 Å². The van der Waals surface area contributed by atoms with Crippen LogP contribution in [0.3, 0.4) is 0 Å². The smallest absolute Gasteiger partial charge is 0.306 e. The highest BCUT2D eigenvalue weighted by molar-refractivity contribution is 5.83. The molecule has 0 bridgehead atoms. The van der Waals surface area contributed by atoms with Gasteiger partial charge in [-0.25, -0.2) is 11.0 Å². The molecule has 0 rings (SSSR count). The SMILES string of the molecule is CC(C)(C)OC(=O)CCC(CCC(=O)OC(C)(C)C)(CCC(=O)OC(C)(C)C)CC(=O)CCC(CCC(=O)NC(CCC(=O)OC(C)(C)C)(CCC(=O)OC(C)(C)C)CCC(=O)OC(C)(C)C)(CCC(=O)NC(CCC(=O)OC(C)(C)C)(CCC(=O)OC(C)(C)C)CCC(=O)OC(C)(C)C)NC(=O)CCCCC[N-][NH+]=N. The van der Waals surface area contributed by atoms with Gasteiger partial charge in [-0.05, 0) is 282 Å². The van der Waals surface area contributed by atoms with Crippen LogP contribution in [-0.2, 0) is 105 Å². The third-order valence-electron chi connectivity index (χ3n) is 16.8. The monoisotopic (exact) mass is 1580 g/mol. The van der Waals surface area contributed by atoms with Gasteiger partial charge in [-0.3, -0.25) is 62.3 Å². The van der Waals surface area contributed by atoms with Gasteiger partial charge in [0.15, 0.2) is 0 Å². The van der Waals surface area contributed by atoms with Crippen LogP contribution in [0.4, 0.5) is 0 Å². The number of ketones is 1. The highest BCUT2D eigenvalue weighted by atomic mass is 16.6. The van der Waals surface area contributed by atoms with Crippen LogP contribution in [0.2, 0.25) is 0 Å². The first-order chi connectivity index (χ1) is 50.2. The summed E-state index contributed by atoms with van der Waals surface area (Å²) >= 11 is 0. The molecule has 0 saturated heterocycles. The van der Waals surface area contributed by atoms with Gasteiger partial charge in [0.05, 0.1) is 0 Å². The van der Waals surface area contributed by atoms with Crippen LogP contribution in [0.5, 0.6) is 0 Å². The highest BCUT2D eigenvalue weighted by Crippen LogP contribution is 2.42. The Hall–Kier alpha value is -7.29. The van der Waals surface area contributed by atoms with Crippen molar-refractivity contribution in [2.45, 2.75) is 440 Å². The Balaban J connectivity index is 9.29. The van der Waals surface area contributed by atoms with Crippen LogP contribution in [0.15, 0.2) is 0 Å². The molecule has 0 saturated carbocycles. The number of Topliss-reactive ketones (excluding diaryl/α,β-unsaturated/α-hetero) is 1. The number of hydrogen-bond donors (Lipinski definition) is 5. The number of carbonyl (C=O) groups excluding carboxylic acids is 13. The number of carbonyl (C=O) groups is 13. The number of nitrogens with zero attached hydrogens (tertiary/aromatic N) is 1. The van der Waals surface area contributed by atoms with Crippen LogP contribution in [0.25, 0.3) is 5.43 Å². The first-order valence-corrected chi connectivity index (χ1v) is 39.7. The minimum atomic E-state index is -1.71. The van der Waals surface area contributed by atoms with E-state index in [0.29, 0.717) is 19.3 Å². The van der Waals surface area contributed by atoms with Crippen molar-refractivity contribution < 1.29 is 110 Å². The standard InChI is InChI=1S/C83H146N6O22/c1-71(2,3)103-62(94)35-44-80(45-36-63(95)104-72(4,5)6,46-37-64(96)105-73(7,8)9)57-58(90)32-47-81(86-59(91)31-29-28-30-56-85-89-84,48-33-60(92)87-82(50-38-65(97)106-74(10,11)12,51-39-66(98)107-75(13,14)15)52-40-67(99)108-76(16,17)18)49-34-61(93)88-83(53-41-68(100)109-77(19,20)21,54-42-69(101)110-78(22,23)24)55-43-70(102)111-79(25,26)27/h89H,28-57H2,1-27H3,(H4-,84,85,86,87,88,91,92,93). The molecule has 0 aromatic heterocycles. The van der Waals surface area contributed by atoms with Crippen molar-refractivity contribution in [3.63, 3.8) is 0 Å². The Bertz CT molecular complexity index is 2530. The maximum atomic E-state index is 15.6. The number of unbranched alkanes of at least 4 members (excludes halogenated alkanes) is 2. The van der Waals surface area contributed by atoms with Crippen LogP contribution >= 0.6 is 0 Å². The van der Waals surface area contributed by atoms with Crippen molar-refractivity contribution in [1.29, 1.82) is 5.53 Å². The molecule has 0 fully saturated rings. The van der Waals surface area contributed by atoms with Crippen molar-refractivity contribution in [1.82, 2.24) is 16.0 Å². The van der Waals surface area contributed by atoms with E-state index in [1.165, 1.54) is 0 Å². The summed E-state index contributed by atoms with van der Waals surface area (Å²) in [6.07, 6.45) is -5.08. The fourth-order valence-corrected chi connectivity index (χ4v) is 12.4. The third kappa shape index (κ3) is 54.9. The second-order valence-electron chi connectivity index (χ2n) is 38.8. The van der Waals surface area contributed by atoms with Gasteiger partial charge in [-0.2, -0.15) is 5.22 Å². The van der Waals surface area contributed by atoms with E-state index < -0.39 is 169 Å². The molecule has 0 aromatic rings. The van der Waals surface area contributed by atoms with E-state index in [1.54, 1.807) is 187 Å². The molecule has 0 aromatic carbocycles. The molecule has 28 nitrogen and oxygen atoms in total. The van der Waals surface area contributed by atoms with Gasteiger partial charge in [0.2, 0.25) is 17.7 Å². The molecule has 0 atom stereocenters. The van der Waals surface area contributed by atoms with E-state index in [9.17, 15) is 47.9 Å². The molecule has 28 heteroatoms. The van der Waals surface area contributed by atoms with Crippen molar-refractivity contribution in [3.8, 4) is 0 Å². The Kier molecular flexibility index (Phi) is 42.0. The summed E-state index contributed by atoms with van der Waals surface area (Å²) in [5, 5.41) is 11.4. The fourth-order valence-electron chi connectivity index (χ4n) is 12.4. The van der Waals surface area contributed by atoms with Gasteiger partial charge in [0, 0.05) is 113 Å². The summed E-state index contributed by atoms with van der Waals surface area (Å²) < 4.78 is 51.6. The van der Waals surface area contributed by atoms with E-state index in [0.717, 1.165) is 0 Å². The largest absolute Gasteiger partial charge is 0.460 e. The average Bonchev–Trinajstić information content (AvgIpc) is 0.830. The molecule has 640 valence electrons. The molecule has 5 N–H and O–H groups in total. The Morgan fingerprint density at radius 3 is 0.649 bits per heavy atom. The summed E-state index contributed by atoms with van der Waals surface area (Å²) in [4.78, 5) is 185. The lowest BCUT2D eigenvalue weighted by molar-refractivity contribution is -0.505. The van der Waals surface area contributed by atoms with E-state index in [1.807, 2.05) is 5.22 Å². The zero-order valence-corrected chi connectivity index (χ0v) is 73.1. The lowest BCUT2D eigenvalue weighted by Gasteiger charge is -2.39. The maximum absolute atomic E-state index is 15.6. The molecule has 0 aliphatic rings. The van der Waals surface area contributed by atoms with E-state index in [4.69, 9.17) is 48.2 Å². The molecule has 111 heavy (non-hydrogen) atoms. The summed E-state index contributed by atoms with van der Waals surface area (Å²) in [7, 11) is 0. The lowest BCUT2D eigenvalue weighted by Crippen LogP contribution is -2.57. The van der Waals surface area contributed by atoms with Crippen molar-refractivity contribution >= 4 is 77.2 Å². The predicted octanol–water partition coefficient (Wildman–Crippen LogP) is 13.9. The van der Waals surface area contributed by atoms with Gasteiger partial charge < -0.3 is 58.6 Å². The Morgan fingerprint density at radius 2 is 0.441 bits per heavy atom. The summed E-state index contributed by atoms with van der Waals surface area (Å²) in [6.45, 7) is 46.0. The van der Waals surface area contributed by atoms with Crippen LogP contribution in [-0.4, -0.2) is 151 Å². The van der Waals surface area contributed by atoms with Crippen molar-refractivity contribution in [3.05, 3.63) is 5.43 Å². The second-order valence-corrected chi connectivity index (χ2v) is 38.8. The molecule has 0 radical (unpaired) electrons. The van der Waals surface area contributed by atoms with Gasteiger partial charge in [-0.15, -0.1) is 0 Å². The minimum Gasteiger partial charge on any atom is -0.460 e. The fraction of sp³-hybridized carbons (Fsp3) is 0.843. The van der Waals surface area contributed by atoms with Crippen molar-refractivity contribution in [2.24, 2.45) is 5.41 Å². The van der Waals surface area contributed by atoms with E-state index in [-0.39, 0.29) is 154 Å². The number of esters is 9. The van der Waals surface area contributed by atoms with Crippen molar-refractivity contribution in [2.75, 3.05) is 6.54 Å². The van der Waals surface area contributed by atoms with Crippen LogP contribution in [0.1, 0.15) is 373 Å². The number of amides is 3. The minimum absolute atomic E-state index is 0.0539. The van der Waals surface area contributed by atoms with Gasteiger partial charge >= 0.3 is 53.7 Å². The van der Waals surface area contributed by atoms with E-state index >= 15 is 14.4 Å².